The average molecular weight is 366 g/mol. The summed E-state index contributed by atoms with van der Waals surface area (Å²) in [5.74, 6) is 2.74. The molecule has 0 saturated heterocycles. The lowest BCUT2D eigenvalue weighted by atomic mass is 10.1. The number of carbonyl (C=O) groups excluding carboxylic acids is 1. The first kappa shape index (κ1) is 18.4. The molecule has 0 aliphatic heterocycles. The van der Waals surface area contributed by atoms with Crippen LogP contribution in [-0.2, 0) is 11.2 Å². The van der Waals surface area contributed by atoms with E-state index in [2.05, 4.69) is 20.5 Å². The van der Waals surface area contributed by atoms with Crippen molar-refractivity contribution in [1.82, 2.24) is 15.2 Å². The Balaban J connectivity index is 1.65. The summed E-state index contributed by atoms with van der Waals surface area (Å²) >= 11 is 0. The van der Waals surface area contributed by atoms with Crippen LogP contribution in [0.4, 0.5) is 5.69 Å². The summed E-state index contributed by atoms with van der Waals surface area (Å²) in [5.41, 5.74) is 2.47. The lowest BCUT2D eigenvalue weighted by molar-refractivity contribution is -0.116. The SMILES string of the molecule is COc1ccc(OC)c(CCC(=O)Nc2cccc(-c3n[nH]c(C)n3)c2)c1. The van der Waals surface area contributed by atoms with E-state index in [1.807, 2.05) is 49.4 Å². The minimum Gasteiger partial charge on any atom is -0.497 e. The van der Waals surface area contributed by atoms with Gasteiger partial charge in [0, 0.05) is 17.7 Å². The van der Waals surface area contributed by atoms with Crippen LogP contribution in [0.3, 0.4) is 0 Å². The second-order valence-electron chi connectivity index (χ2n) is 6.05. The van der Waals surface area contributed by atoms with Crippen molar-refractivity contribution in [3.05, 3.63) is 53.9 Å². The third-order valence-corrected chi connectivity index (χ3v) is 4.11. The molecule has 27 heavy (non-hydrogen) atoms. The molecular formula is C20H22N4O3. The summed E-state index contributed by atoms with van der Waals surface area (Å²) in [4.78, 5) is 16.7. The van der Waals surface area contributed by atoms with E-state index in [9.17, 15) is 4.79 Å². The summed E-state index contributed by atoms with van der Waals surface area (Å²) < 4.78 is 10.6. The number of carbonyl (C=O) groups is 1. The zero-order valence-corrected chi connectivity index (χ0v) is 15.6. The van der Waals surface area contributed by atoms with Gasteiger partial charge in [0.1, 0.15) is 17.3 Å². The number of hydrogen-bond acceptors (Lipinski definition) is 5. The van der Waals surface area contributed by atoms with Gasteiger partial charge in [-0.15, -0.1) is 0 Å². The van der Waals surface area contributed by atoms with Gasteiger partial charge in [-0.25, -0.2) is 4.98 Å². The predicted octanol–water partition coefficient (Wildman–Crippen LogP) is 3.37. The average Bonchev–Trinajstić information content (AvgIpc) is 3.12. The molecule has 0 atom stereocenters. The Morgan fingerprint density at radius 1 is 1.15 bits per heavy atom. The molecule has 0 saturated carbocycles. The summed E-state index contributed by atoms with van der Waals surface area (Å²) in [7, 11) is 3.22. The van der Waals surface area contributed by atoms with Gasteiger partial charge >= 0.3 is 0 Å². The first-order valence-corrected chi connectivity index (χ1v) is 8.59. The molecule has 0 bridgehead atoms. The first-order chi connectivity index (χ1) is 13.1. The number of anilines is 1. The number of benzene rings is 2. The van der Waals surface area contributed by atoms with Crippen LogP contribution in [0.1, 0.15) is 17.8 Å². The minimum absolute atomic E-state index is 0.0804. The van der Waals surface area contributed by atoms with Crippen LogP contribution >= 0.6 is 0 Å². The molecule has 140 valence electrons. The molecule has 0 spiro atoms. The van der Waals surface area contributed by atoms with E-state index in [4.69, 9.17) is 9.47 Å². The molecule has 0 radical (unpaired) electrons. The second-order valence-corrected chi connectivity index (χ2v) is 6.05. The van der Waals surface area contributed by atoms with Crippen molar-refractivity contribution in [1.29, 1.82) is 0 Å². The van der Waals surface area contributed by atoms with Crippen LogP contribution in [0.2, 0.25) is 0 Å². The van der Waals surface area contributed by atoms with Crippen molar-refractivity contribution in [3.63, 3.8) is 0 Å². The van der Waals surface area contributed by atoms with Gasteiger partial charge in [0.25, 0.3) is 0 Å². The fraction of sp³-hybridized carbons (Fsp3) is 0.250. The Morgan fingerprint density at radius 2 is 2.00 bits per heavy atom. The zero-order valence-electron chi connectivity index (χ0n) is 15.6. The highest BCUT2D eigenvalue weighted by Gasteiger charge is 2.10. The maximum Gasteiger partial charge on any atom is 0.224 e. The number of H-pyrrole nitrogens is 1. The smallest absolute Gasteiger partial charge is 0.224 e. The first-order valence-electron chi connectivity index (χ1n) is 8.59. The van der Waals surface area contributed by atoms with Gasteiger partial charge in [0.05, 0.1) is 14.2 Å². The zero-order chi connectivity index (χ0) is 19.2. The third-order valence-electron chi connectivity index (χ3n) is 4.11. The molecule has 7 heteroatoms. The molecule has 1 aromatic heterocycles. The summed E-state index contributed by atoms with van der Waals surface area (Å²) in [6.45, 7) is 1.84. The van der Waals surface area contributed by atoms with E-state index >= 15 is 0 Å². The number of aromatic amines is 1. The van der Waals surface area contributed by atoms with Crippen molar-refractivity contribution in [2.75, 3.05) is 19.5 Å². The molecule has 0 aliphatic carbocycles. The number of ether oxygens (including phenoxy) is 2. The van der Waals surface area contributed by atoms with Crippen LogP contribution in [0.5, 0.6) is 11.5 Å². The van der Waals surface area contributed by atoms with E-state index in [-0.39, 0.29) is 5.91 Å². The maximum absolute atomic E-state index is 12.4. The van der Waals surface area contributed by atoms with Crippen LogP contribution in [0.15, 0.2) is 42.5 Å². The fourth-order valence-electron chi connectivity index (χ4n) is 2.76. The monoisotopic (exact) mass is 366 g/mol. The Morgan fingerprint density at radius 3 is 2.70 bits per heavy atom. The Bertz CT molecular complexity index is 936. The highest BCUT2D eigenvalue weighted by Crippen LogP contribution is 2.25. The molecule has 7 nitrogen and oxygen atoms in total. The largest absolute Gasteiger partial charge is 0.497 e. The number of nitrogens with one attached hydrogen (secondary N) is 2. The van der Waals surface area contributed by atoms with E-state index in [1.165, 1.54) is 0 Å². The number of aryl methyl sites for hydroxylation is 2. The molecule has 1 amide bonds. The highest BCUT2D eigenvalue weighted by atomic mass is 16.5. The van der Waals surface area contributed by atoms with Gasteiger partial charge in [-0.2, -0.15) is 5.10 Å². The van der Waals surface area contributed by atoms with Gasteiger partial charge < -0.3 is 14.8 Å². The quantitative estimate of drug-likeness (QED) is 0.669. The summed E-state index contributed by atoms with van der Waals surface area (Å²) in [5, 5.41) is 9.88. The summed E-state index contributed by atoms with van der Waals surface area (Å²) in [6, 6.07) is 13.0. The Labute approximate surface area is 157 Å². The number of nitrogens with zero attached hydrogens (tertiary/aromatic N) is 2. The predicted molar refractivity (Wildman–Crippen MR) is 103 cm³/mol. The number of amides is 1. The molecule has 0 fully saturated rings. The highest BCUT2D eigenvalue weighted by molar-refractivity contribution is 5.91. The number of aromatic nitrogens is 3. The molecule has 1 heterocycles. The standard InChI is InChI=1S/C20H22N4O3/c1-13-21-20(24-23-13)15-5-4-6-16(11-15)22-19(25)10-7-14-12-17(26-2)8-9-18(14)27-3/h4-6,8-9,11-12H,7,10H2,1-3H3,(H,22,25)(H,21,23,24). The van der Waals surface area contributed by atoms with E-state index < -0.39 is 0 Å². The van der Waals surface area contributed by atoms with Gasteiger partial charge in [-0.1, -0.05) is 12.1 Å². The van der Waals surface area contributed by atoms with Crippen LogP contribution in [0, 0.1) is 6.92 Å². The normalized spacial score (nSPS) is 10.5. The molecule has 3 aromatic rings. The van der Waals surface area contributed by atoms with E-state index in [0.29, 0.717) is 24.4 Å². The van der Waals surface area contributed by atoms with Gasteiger partial charge in [0.15, 0.2) is 5.82 Å². The van der Waals surface area contributed by atoms with Gasteiger partial charge in [-0.3, -0.25) is 9.89 Å². The maximum atomic E-state index is 12.4. The van der Waals surface area contributed by atoms with Gasteiger partial charge in [0.2, 0.25) is 5.91 Å². The molecule has 0 aliphatic rings. The van der Waals surface area contributed by atoms with Crippen molar-refractivity contribution in [2.45, 2.75) is 19.8 Å². The lowest BCUT2D eigenvalue weighted by Gasteiger charge is -2.11. The fourth-order valence-corrected chi connectivity index (χ4v) is 2.76. The lowest BCUT2D eigenvalue weighted by Crippen LogP contribution is -2.12. The van der Waals surface area contributed by atoms with Crippen LogP contribution in [-0.4, -0.2) is 35.3 Å². The molecule has 2 N–H and O–H groups in total. The topological polar surface area (TPSA) is 89.1 Å². The second kappa shape index (κ2) is 8.35. The molecular weight excluding hydrogens is 344 g/mol. The van der Waals surface area contributed by atoms with Crippen molar-refractivity contribution < 1.29 is 14.3 Å². The molecule has 3 rings (SSSR count). The molecule has 0 unspecified atom stereocenters. The van der Waals surface area contributed by atoms with Gasteiger partial charge in [-0.05, 0) is 49.2 Å². The number of rotatable bonds is 7. The van der Waals surface area contributed by atoms with Crippen LogP contribution < -0.4 is 14.8 Å². The summed E-state index contributed by atoms with van der Waals surface area (Å²) in [6.07, 6.45) is 0.875. The minimum atomic E-state index is -0.0804. The number of methoxy groups -OCH3 is 2. The van der Waals surface area contributed by atoms with Crippen molar-refractivity contribution >= 4 is 11.6 Å². The van der Waals surface area contributed by atoms with E-state index in [0.717, 1.165) is 28.5 Å². The van der Waals surface area contributed by atoms with Crippen molar-refractivity contribution in [2.24, 2.45) is 0 Å². The third kappa shape index (κ3) is 4.63. The van der Waals surface area contributed by atoms with E-state index in [1.54, 1.807) is 14.2 Å². The Kier molecular flexibility index (Phi) is 5.71. The van der Waals surface area contributed by atoms with Crippen molar-refractivity contribution in [3.8, 4) is 22.9 Å². The Hall–Kier alpha value is -3.35. The van der Waals surface area contributed by atoms with Crippen LogP contribution in [0.25, 0.3) is 11.4 Å². The molecule has 2 aromatic carbocycles. The number of hydrogen-bond donors (Lipinski definition) is 2.